The van der Waals surface area contributed by atoms with Crippen molar-refractivity contribution in [2.75, 3.05) is 47.4 Å². The fourth-order valence-corrected chi connectivity index (χ4v) is 5.04. The van der Waals surface area contributed by atoms with E-state index in [9.17, 15) is 9.59 Å². The van der Waals surface area contributed by atoms with Crippen LogP contribution in [0.2, 0.25) is 0 Å². The number of methoxy groups -OCH3 is 2. The van der Waals surface area contributed by atoms with Gasteiger partial charge in [-0.2, -0.15) is 0 Å². The van der Waals surface area contributed by atoms with Gasteiger partial charge in [0.1, 0.15) is 0 Å². The highest BCUT2D eigenvalue weighted by molar-refractivity contribution is 7.10. The molecule has 3 rings (SSSR count). The Morgan fingerprint density at radius 1 is 1.19 bits per heavy atom. The molecular weight excluding hydrogens is 414 g/mol. The van der Waals surface area contributed by atoms with Crippen LogP contribution in [0.25, 0.3) is 0 Å². The maximum Gasteiger partial charge on any atom is 0.254 e. The molecule has 0 aliphatic carbocycles. The fourth-order valence-electron chi connectivity index (χ4n) is 4.13. The summed E-state index contributed by atoms with van der Waals surface area (Å²) in [7, 11) is 4.84. The number of rotatable bonds is 9. The second kappa shape index (κ2) is 10.2. The van der Waals surface area contributed by atoms with Gasteiger partial charge in [0.25, 0.3) is 5.91 Å². The fraction of sp³-hybridized carbons (Fsp3) is 0.478. The first-order valence-electron chi connectivity index (χ1n) is 10.5. The largest absolute Gasteiger partial charge is 0.493 e. The summed E-state index contributed by atoms with van der Waals surface area (Å²) in [5, 5.41) is 5.07. The maximum absolute atomic E-state index is 13.5. The van der Waals surface area contributed by atoms with Crippen molar-refractivity contribution in [3.05, 3.63) is 45.6 Å². The second-order valence-corrected chi connectivity index (χ2v) is 8.45. The van der Waals surface area contributed by atoms with Gasteiger partial charge in [-0.25, -0.2) is 0 Å². The number of nitrogens with one attached hydrogen (secondary N) is 1. The van der Waals surface area contributed by atoms with E-state index in [1.54, 1.807) is 42.5 Å². The molecule has 2 aromatic rings. The molecular formula is C23H31N3O4S. The molecule has 7 nitrogen and oxygen atoms in total. The molecule has 1 aliphatic rings. The van der Waals surface area contributed by atoms with E-state index in [1.807, 2.05) is 17.5 Å². The molecule has 1 aromatic carbocycles. The first-order chi connectivity index (χ1) is 15.0. The maximum atomic E-state index is 13.5. The SMILES string of the molecule is CCN(CC)CCNC(=O)[C@H]1c2cc(OC)c(OC)cc2C(=O)N(C)[C@H]1c1cccs1. The van der Waals surface area contributed by atoms with E-state index in [-0.39, 0.29) is 17.9 Å². The molecule has 0 fully saturated rings. The van der Waals surface area contributed by atoms with Crippen LogP contribution in [0.5, 0.6) is 11.5 Å². The highest BCUT2D eigenvalue weighted by atomic mass is 32.1. The molecule has 0 saturated carbocycles. The Morgan fingerprint density at radius 3 is 2.45 bits per heavy atom. The van der Waals surface area contributed by atoms with E-state index in [2.05, 4.69) is 24.1 Å². The lowest BCUT2D eigenvalue weighted by molar-refractivity contribution is -0.124. The highest BCUT2D eigenvalue weighted by Crippen LogP contribution is 2.46. The summed E-state index contributed by atoms with van der Waals surface area (Å²) in [5.41, 5.74) is 1.14. The predicted octanol–water partition coefficient (Wildman–Crippen LogP) is 3.13. The van der Waals surface area contributed by atoms with Crippen molar-refractivity contribution in [3.8, 4) is 11.5 Å². The first-order valence-corrected chi connectivity index (χ1v) is 11.4. The Hall–Kier alpha value is -2.58. The third-order valence-corrected chi connectivity index (χ3v) is 6.86. The third kappa shape index (κ3) is 4.55. The minimum Gasteiger partial charge on any atom is -0.493 e. The molecule has 1 aliphatic heterocycles. The van der Waals surface area contributed by atoms with Gasteiger partial charge in [0.15, 0.2) is 11.5 Å². The van der Waals surface area contributed by atoms with Crippen molar-refractivity contribution in [2.45, 2.75) is 25.8 Å². The Balaban J connectivity index is 2.02. The monoisotopic (exact) mass is 445 g/mol. The minimum atomic E-state index is -0.548. The van der Waals surface area contributed by atoms with Gasteiger partial charge in [0.2, 0.25) is 5.91 Å². The van der Waals surface area contributed by atoms with Gasteiger partial charge < -0.3 is 24.6 Å². The number of thiophene rings is 1. The van der Waals surface area contributed by atoms with Crippen molar-refractivity contribution in [1.82, 2.24) is 15.1 Å². The van der Waals surface area contributed by atoms with Gasteiger partial charge in [-0.3, -0.25) is 9.59 Å². The number of hydrogen-bond acceptors (Lipinski definition) is 6. The molecule has 0 spiro atoms. The molecule has 2 atom stereocenters. The Morgan fingerprint density at radius 2 is 1.87 bits per heavy atom. The van der Waals surface area contributed by atoms with Crippen molar-refractivity contribution in [3.63, 3.8) is 0 Å². The molecule has 1 aromatic heterocycles. The molecule has 8 heteroatoms. The summed E-state index contributed by atoms with van der Waals surface area (Å²) in [4.78, 5) is 31.6. The summed E-state index contributed by atoms with van der Waals surface area (Å²) in [6.45, 7) is 7.41. The van der Waals surface area contributed by atoms with E-state index in [0.29, 0.717) is 29.2 Å². The van der Waals surface area contributed by atoms with Gasteiger partial charge in [0, 0.05) is 30.6 Å². The number of nitrogens with zero attached hydrogens (tertiary/aromatic N) is 2. The van der Waals surface area contributed by atoms with Crippen molar-refractivity contribution in [2.24, 2.45) is 0 Å². The topological polar surface area (TPSA) is 71.1 Å². The van der Waals surface area contributed by atoms with Crippen LogP contribution in [-0.4, -0.2) is 69.1 Å². The minimum absolute atomic E-state index is 0.0987. The zero-order valence-electron chi connectivity index (χ0n) is 18.8. The standard InChI is InChI=1S/C23H31N3O4S/c1-6-26(7-2)11-10-24-22(27)20-15-13-17(29-4)18(30-5)14-16(15)23(28)25(3)21(20)19-9-8-12-31-19/h8-9,12-14,20-21H,6-7,10-11H2,1-5H3,(H,24,27)/t20-,21-/m0/s1. The van der Waals surface area contributed by atoms with Gasteiger partial charge in [-0.05, 0) is 42.2 Å². The first kappa shape index (κ1) is 23.1. The van der Waals surface area contributed by atoms with Crippen LogP contribution in [0, 0.1) is 0 Å². The highest BCUT2D eigenvalue weighted by Gasteiger charge is 2.43. The van der Waals surface area contributed by atoms with E-state index < -0.39 is 5.92 Å². The number of carbonyl (C=O) groups excluding carboxylic acids is 2. The zero-order valence-corrected chi connectivity index (χ0v) is 19.6. The number of amides is 2. The van der Waals surface area contributed by atoms with Crippen LogP contribution >= 0.6 is 11.3 Å². The normalized spacial score (nSPS) is 18.1. The second-order valence-electron chi connectivity index (χ2n) is 7.47. The smallest absolute Gasteiger partial charge is 0.254 e. The van der Waals surface area contributed by atoms with Gasteiger partial charge >= 0.3 is 0 Å². The summed E-state index contributed by atoms with van der Waals surface area (Å²) in [6, 6.07) is 6.98. The van der Waals surface area contributed by atoms with Gasteiger partial charge in [0.05, 0.1) is 26.2 Å². The number of fused-ring (bicyclic) bond motifs is 1. The predicted molar refractivity (Wildman–Crippen MR) is 122 cm³/mol. The van der Waals surface area contributed by atoms with E-state index in [4.69, 9.17) is 9.47 Å². The number of carbonyl (C=O) groups is 2. The van der Waals surface area contributed by atoms with Crippen molar-refractivity contribution >= 4 is 23.2 Å². The van der Waals surface area contributed by atoms with Crippen LogP contribution in [0.3, 0.4) is 0 Å². The zero-order chi connectivity index (χ0) is 22.5. The third-order valence-electron chi connectivity index (χ3n) is 5.91. The van der Waals surface area contributed by atoms with Gasteiger partial charge in [-0.15, -0.1) is 11.3 Å². The molecule has 0 bridgehead atoms. The number of likely N-dealkylation sites (N-methyl/N-ethyl adjacent to an activating group) is 2. The van der Waals surface area contributed by atoms with E-state index >= 15 is 0 Å². The lowest BCUT2D eigenvalue weighted by Crippen LogP contribution is -2.46. The average Bonchev–Trinajstić information content (AvgIpc) is 3.32. The molecule has 1 N–H and O–H groups in total. The van der Waals surface area contributed by atoms with Crippen LogP contribution < -0.4 is 14.8 Å². The Labute approximate surface area is 187 Å². The average molecular weight is 446 g/mol. The van der Waals surface area contributed by atoms with Crippen LogP contribution in [-0.2, 0) is 4.79 Å². The van der Waals surface area contributed by atoms with Crippen LogP contribution in [0.4, 0.5) is 0 Å². The molecule has 2 heterocycles. The summed E-state index contributed by atoms with van der Waals surface area (Å²) < 4.78 is 10.9. The molecule has 0 radical (unpaired) electrons. The molecule has 31 heavy (non-hydrogen) atoms. The molecule has 0 unspecified atom stereocenters. The summed E-state index contributed by atoms with van der Waals surface area (Å²) >= 11 is 1.55. The Bertz CT molecular complexity index is 912. The van der Waals surface area contributed by atoms with E-state index in [1.165, 1.54) is 7.11 Å². The van der Waals surface area contributed by atoms with Crippen molar-refractivity contribution in [1.29, 1.82) is 0 Å². The number of benzene rings is 1. The quantitative estimate of drug-likeness (QED) is 0.642. The molecule has 0 saturated heterocycles. The summed E-state index contributed by atoms with van der Waals surface area (Å²) in [6.07, 6.45) is 0. The summed E-state index contributed by atoms with van der Waals surface area (Å²) in [5.74, 6) is 0.190. The number of ether oxygens (including phenoxy) is 2. The lowest BCUT2D eigenvalue weighted by atomic mass is 9.81. The van der Waals surface area contributed by atoms with E-state index in [0.717, 1.165) is 24.5 Å². The molecule has 168 valence electrons. The van der Waals surface area contributed by atoms with Gasteiger partial charge in [-0.1, -0.05) is 19.9 Å². The lowest BCUT2D eigenvalue weighted by Gasteiger charge is -2.39. The van der Waals surface area contributed by atoms with Crippen LogP contribution in [0.15, 0.2) is 29.6 Å². The van der Waals surface area contributed by atoms with Crippen LogP contribution in [0.1, 0.15) is 46.6 Å². The molecule has 2 amide bonds. The van der Waals surface area contributed by atoms with Crippen molar-refractivity contribution < 1.29 is 19.1 Å². The Kier molecular flexibility index (Phi) is 7.56. The number of hydrogen-bond donors (Lipinski definition) is 1.